The van der Waals surface area contributed by atoms with Crippen molar-refractivity contribution in [2.24, 2.45) is 0 Å². The number of rotatable bonds is 0. The van der Waals surface area contributed by atoms with Crippen LogP contribution in [0.25, 0.3) is 0 Å². The highest BCUT2D eigenvalue weighted by atomic mass is 79.9. The Balaban J connectivity index is 3.02. The van der Waals surface area contributed by atoms with E-state index in [1.807, 2.05) is 0 Å². The standard InChI is InChI=1S/CBrCl2O/c2-1(3,4)5. The van der Waals surface area contributed by atoms with Gasteiger partial charge in [-0.15, -0.1) is 0 Å². The molecule has 0 rings (SSSR count). The highest BCUT2D eigenvalue weighted by Gasteiger charge is 2.13. The number of hydrogen-bond acceptors (Lipinski definition) is 0. The lowest BCUT2D eigenvalue weighted by atomic mass is 11.7. The van der Waals surface area contributed by atoms with Crippen molar-refractivity contribution < 1.29 is 5.11 Å². The van der Waals surface area contributed by atoms with Crippen LogP contribution in [0.2, 0.25) is 0 Å². The van der Waals surface area contributed by atoms with Gasteiger partial charge in [0.2, 0.25) is 0 Å². The second-order valence-corrected chi connectivity index (χ2v) is 3.73. The third-order valence-corrected chi connectivity index (χ3v) is 0. The van der Waals surface area contributed by atoms with E-state index in [9.17, 15) is 5.11 Å². The lowest BCUT2D eigenvalue weighted by molar-refractivity contribution is 0.202. The van der Waals surface area contributed by atoms with Crippen LogP contribution in [-0.4, -0.2) is 3.43 Å². The van der Waals surface area contributed by atoms with E-state index in [0.717, 1.165) is 0 Å². The highest BCUT2D eigenvalue weighted by Crippen LogP contribution is 2.24. The molecule has 0 saturated heterocycles. The molecule has 0 heterocycles. The van der Waals surface area contributed by atoms with Gasteiger partial charge in [0.1, 0.15) is 0 Å². The largest absolute Gasteiger partial charge is 0.305 e. The van der Waals surface area contributed by atoms with Crippen molar-refractivity contribution in [2.45, 2.75) is 3.43 Å². The molecular weight excluding hydrogens is 179 g/mol. The first kappa shape index (κ1) is 6.02. The van der Waals surface area contributed by atoms with Gasteiger partial charge in [0, 0.05) is 0 Å². The molecule has 4 heteroatoms. The van der Waals surface area contributed by atoms with Gasteiger partial charge in [0.15, 0.2) is 0 Å². The van der Waals surface area contributed by atoms with Gasteiger partial charge >= 0.3 is 3.43 Å². The van der Waals surface area contributed by atoms with Crippen LogP contribution < -0.4 is 0 Å². The first-order valence-electron chi connectivity index (χ1n) is 0.771. The van der Waals surface area contributed by atoms with Gasteiger partial charge in [0.05, 0.1) is 0 Å². The van der Waals surface area contributed by atoms with E-state index in [2.05, 4.69) is 39.1 Å². The zero-order chi connectivity index (χ0) is 4.50. The fourth-order valence-corrected chi connectivity index (χ4v) is 0. The SMILES string of the molecule is [O]C(Cl)(Cl)Br. The summed E-state index contributed by atoms with van der Waals surface area (Å²) in [4.78, 5) is 0. The third-order valence-electron chi connectivity index (χ3n) is 0. The van der Waals surface area contributed by atoms with Crippen molar-refractivity contribution in [3.8, 4) is 0 Å². The first-order chi connectivity index (χ1) is 2.00. The molecule has 0 atom stereocenters. The molecule has 0 unspecified atom stereocenters. The summed E-state index contributed by atoms with van der Waals surface area (Å²) in [7, 11) is 0. The van der Waals surface area contributed by atoms with E-state index in [-0.39, 0.29) is 0 Å². The molecule has 5 heavy (non-hydrogen) atoms. The van der Waals surface area contributed by atoms with Gasteiger partial charge < -0.3 is 0 Å². The molecule has 0 fully saturated rings. The quantitative estimate of drug-likeness (QED) is 0.506. The van der Waals surface area contributed by atoms with Crippen LogP contribution in [-0.2, 0) is 5.11 Å². The lowest BCUT2D eigenvalue weighted by Gasteiger charge is -1.89. The molecule has 0 aromatic carbocycles. The second kappa shape index (κ2) is 1.65. The Morgan fingerprint density at radius 1 is 1.60 bits per heavy atom. The summed E-state index contributed by atoms with van der Waals surface area (Å²) in [6, 6.07) is 0. The maximum absolute atomic E-state index is 9.55. The summed E-state index contributed by atoms with van der Waals surface area (Å²) in [6.07, 6.45) is 0. The van der Waals surface area contributed by atoms with Crippen LogP contribution in [0.4, 0.5) is 0 Å². The summed E-state index contributed by atoms with van der Waals surface area (Å²) in [6.45, 7) is 0. The van der Waals surface area contributed by atoms with E-state index < -0.39 is 3.43 Å². The molecule has 0 N–H and O–H groups in total. The molecule has 0 aromatic heterocycles. The van der Waals surface area contributed by atoms with Gasteiger partial charge in [-0.05, 0) is 15.9 Å². The zero-order valence-corrected chi connectivity index (χ0v) is 5.14. The van der Waals surface area contributed by atoms with Crippen molar-refractivity contribution in [3.63, 3.8) is 0 Å². The zero-order valence-electron chi connectivity index (χ0n) is 2.04. The number of halogens is 3. The minimum atomic E-state index is -1.99. The Hall–Kier alpha value is 1.02. The van der Waals surface area contributed by atoms with E-state index in [4.69, 9.17) is 0 Å². The minimum absolute atomic E-state index is 1.99. The van der Waals surface area contributed by atoms with Crippen LogP contribution >= 0.6 is 39.1 Å². The smallest absolute Gasteiger partial charge is 0.180 e. The van der Waals surface area contributed by atoms with E-state index >= 15 is 0 Å². The summed E-state index contributed by atoms with van der Waals surface area (Å²) in [5, 5.41) is 9.55. The van der Waals surface area contributed by atoms with Crippen molar-refractivity contribution in [1.82, 2.24) is 0 Å². The van der Waals surface area contributed by atoms with Gasteiger partial charge in [-0.1, -0.05) is 23.2 Å². The maximum atomic E-state index is 9.55. The Morgan fingerprint density at radius 2 is 1.60 bits per heavy atom. The number of hydrogen-bond donors (Lipinski definition) is 0. The molecule has 0 bridgehead atoms. The third kappa shape index (κ3) is 44.0. The second-order valence-electron chi connectivity index (χ2n) is 0.446. The highest BCUT2D eigenvalue weighted by molar-refractivity contribution is 9.10. The molecule has 31 valence electrons. The van der Waals surface area contributed by atoms with Crippen molar-refractivity contribution in [2.75, 3.05) is 0 Å². The average Bonchev–Trinajstić information content (AvgIpc) is 0.722. The molecule has 1 nitrogen and oxygen atoms in total. The molecule has 0 amide bonds. The Labute approximate surface area is 48.0 Å². The monoisotopic (exact) mass is 177 g/mol. The Morgan fingerprint density at radius 3 is 1.60 bits per heavy atom. The topological polar surface area (TPSA) is 19.9 Å². The fourth-order valence-electron chi connectivity index (χ4n) is 0. The van der Waals surface area contributed by atoms with Crippen LogP contribution in [0.3, 0.4) is 0 Å². The summed E-state index contributed by atoms with van der Waals surface area (Å²) in [5.74, 6) is 0. The predicted molar refractivity (Wildman–Crippen MR) is 24.1 cm³/mol. The van der Waals surface area contributed by atoms with Crippen LogP contribution in [0.15, 0.2) is 0 Å². The fraction of sp³-hybridized carbons (Fsp3) is 1.00. The predicted octanol–water partition coefficient (Wildman–Crippen LogP) is 1.90. The van der Waals surface area contributed by atoms with Crippen molar-refractivity contribution >= 4 is 39.1 Å². The average molecular weight is 179 g/mol. The molecule has 0 spiro atoms. The van der Waals surface area contributed by atoms with Crippen molar-refractivity contribution in [1.29, 1.82) is 0 Å². The molecule has 0 aliphatic heterocycles. The lowest BCUT2D eigenvalue weighted by Crippen LogP contribution is -1.90. The molecule has 0 aliphatic carbocycles. The van der Waals surface area contributed by atoms with Gasteiger partial charge in [0.25, 0.3) is 0 Å². The number of alkyl halides is 3. The van der Waals surface area contributed by atoms with Gasteiger partial charge in [-0.2, -0.15) is 5.11 Å². The molecular formula is CBrCl2O. The van der Waals surface area contributed by atoms with Gasteiger partial charge in [-0.25, -0.2) is 0 Å². The normalized spacial score (nSPS) is 12.0. The molecule has 0 aromatic rings. The Kier molecular flexibility index (Phi) is 1.98. The van der Waals surface area contributed by atoms with Crippen LogP contribution in [0.1, 0.15) is 0 Å². The summed E-state index contributed by atoms with van der Waals surface area (Å²) in [5.41, 5.74) is 0. The van der Waals surface area contributed by atoms with E-state index in [1.165, 1.54) is 0 Å². The minimum Gasteiger partial charge on any atom is -0.180 e. The maximum Gasteiger partial charge on any atom is 0.305 e. The molecule has 1 radical (unpaired) electrons. The van der Waals surface area contributed by atoms with Crippen LogP contribution in [0, 0.1) is 0 Å². The van der Waals surface area contributed by atoms with Gasteiger partial charge in [-0.3, -0.25) is 0 Å². The van der Waals surface area contributed by atoms with E-state index in [1.54, 1.807) is 0 Å². The van der Waals surface area contributed by atoms with Crippen LogP contribution in [0.5, 0.6) is 0 Å². The van der Waals surface area contributed by atoms with Crippen molar-refractivity contribution in [3.05, 3.63) is 0 Å². The van der Waals surface area contributed by atoms with E-state index in [0.29, 0.717) is 0 Å². The molecule has 0 saturated carbocycles. The summed E-state index contributed by atoms with van der Waals surface area (Å²) < 4.78 is -1.99. The first-order valence-corrected chi connectivity index (χ1v) is 2.32. The molecule has 0 aliphatic rings. The Bertz CT molecular complexity index is 25.1. The summed E-state index contributed by atoms with van der Waals surface area (Å²) >= 11 is 11.7.